The molecule has 0 unspecified atom stereocenters. The molecule has 2 amide bonds. The standard InChI is InChI=1S/C36H38F3N3O5/c1-46-31-21-26(9-12-30(31)33(44)41-17-13-28(14-18-41)32(43)27-5-3-2-4-6-27)23-42-24-35(47-34(42)45)15-19-40(20-16-35)22-25-7-10-29(11-8-25)36(37,38)39/h2-12,21,28H,13-20,22-24H2,1H3. The lowest BCUT2D eigenvalue weighted by Gasteiger charge is -2.37. The number of amides is 2. The van der Waals surface area contributed by atoms with Gasteiger partial charge >= 0.3 is 12.3 Å². The molecule has 0 aromatic heterocycles. The molecule has 11 heteroatoms. The van der Waals surface area contributed by atoms with Gasteiger partial charge in [0.05, 0.1) is 24.8 Å². The normalized spacial score (nSPS) is 18.8. The van der Waals surface area contributed by atoms with E-state index in [2.05, 4.69) is 4.90 Å². The van der Waals surface area contributed by atoms with Crippen molar-refractivity contribution in [2.45, 2.75) is 50.6 Å². The first-order valence-electron chi connectivity index (χ1n) is 16.0. The number of carbonyl (C=O) groups excluding carboxylic acids is 3. The maximum atomic E-state index is 13.5. The lowest BCUT2D eigenvalue weighted by atomic mass is 9.88. The van der Waals surface area contributed by atoms with Gasteiger partial charge in [-0.05, 0) is 48.2 Å². The molecule has 47 heavy (non-hydrogen) atoms. The van der Waals surface area contributed by atoms with Crippen LogP contribution in [0.5, 0.6) is 5.75 Å². The molecule has 3 aliphatic rings. The Bertz CT molecular complexity index is 1600. The van der Waals surface area contributed by atoms with Crippen LogP contribution in [0, 0.1) is 5.92 Å². The van der Waals surface area contributed by atoms with Gasteiger partial charge in [-0.3, -0.25) is 19.4 Å². The van der Waals surface area contributed by atoms with E-state index in [1.54, 1.807) is 21.9 Å². The SMILES string of the molecule is COc1cc(CN2CC3(CCN(Cc4ccc(C(F)(F)F)cc4)CC3)OC2=O)ccc1C(=O)N1CCC(C(=O)c2ccccc2)CC1. The molecular formula is C36H38F3N3O5. The summed E-state index contributed by atoms with van der Waals surface area (Å²) in [5, 5.41) is 0. The fraction of sp³-hybridized carbons (Fsp3) is 0.417. The molecule has 0 aliphatic carbocycles. The number of alkyl halides is 3. The average Bonchev–Trinajstić information content (AvgIpc) is 3.38. The van der Waals surface area contributed by atoms with Crippen LogP contribution < -0.4 is 4.74 Å². The third-order valence-electron chi connectivity index (χ3n) is 9.58. The maximum Gasteiger partial charge on any atom is 0.416 e. The van der Waals surface area contributed by atoms with E-state index in [1.165, 1.54) is 19.2 Å². The van der Waals surface area contributed by atoms with Crippen LogP contribution in [0.3, 0.4) is 0 Å². The Morgan fingerprint density at radius 2 is 1.55 bits per heavy atom. The molecule has 0 bridgehead atoms. The molecule has 1 spiro atoms. The molecule has 3 aliphatic heterocycles. The quantitative estimate of drug-likeness (QED) is 0.262. The van der Waals surface area contributed by atoms with Crippen LogP contribution in [0.15, 0.2) is 72.8 Å². The predicted molar refractivity (Wildman–Crippen MR) is 168 cm³/mol. The van der Waals surface area contributed by atoms with Gasteiger partial charge in [0.2, 0.25) is 0 Å². The number of halogens is 3. The van der Waals surface area contributed by atoms with Crippen molar-refractivity contribution in [2.24, 2.45) is 5.92 Å². The van der Waals surface area contributed by atoms with Crippen LogP contribution in [0.4, 0.5) is 18.0 Å². The molecule has 8 nitrogen and oxygen atoms in total. The number of likely N-dealkylation sites (tertiary alicyclic amines) is 2. The van der Waals surface area contributed by atoms with Crippen molar-refractivity contribution in [2.75, 3.05) is 39.8 Å². The summed E-state index contributed by atoms with van der Waals surface area (Å²) in [6.45, 7) is 3.54. The van der Waals surface area contributed by atoms with Crippen LogP contribution >= 0.6 is 0 Å². The number of ether oxygens (including phenoxy) is 2. The Kier molecular flexibility index (Phi) is 9.27. The van der Waals surface area contributed by atoms with Gasteiger partial charge in [-0.1, -0.05) is 48.5 Å². The van der Waals surface area contributed by atoms with Gasteiger partial charge in [-0.15, -0.1) is 0 Å². The number of piperidine rings is 2. The highest BCUT2D eigenvalue weighted by Crippen LogP contribution is 2.36. The average molecular weight is 650 g/mol. The fourth-order valence-corrected chi connectivity index (χ4v) is 6.84. The second kappa shape index (κ2) is 13.4. The summed E-state index contributed by atoms with van der Waals surface area (Å²) in [4.78, 5) is 44.8. The first kappa shape index (κ1) is 32.6. The minimum Gasteiger partial charge on any atom is -0.496 e. The van der Waals surface area contributed by atoms with E-state index < -0.39 is 23.4 Å². The van der Waals surface area contributed by atoms with Crippen LogP contribution in [-0.4, -0.2) is 77.9 Å². The number of hydrogen-bond acceptors (Lipinski definition) is 6. The summed E-state index contributed by atoms with van der Waals surface area (Å²) in [6, 6.07) is 19.8. The molecular weight excluding hydrogens is 611 g/mol. The van der Waals surface area contributed by atoms with Crippen LogP contribution in [0.1, 0.15) is 63.1 Å². The van der Waals surface area contributed by atoms with Gasteiger partial charge < -0.3 is 14.4 Å². The maximum absolute atomic E-state index is 13.5. The number of carbonyl (C=O) groups is 3. The lowest BCUT2D eigenvalue weighted by Crippen LogP contribution is -2.46. The fourth-order valence-electron chi connectivity index (χ4n) is 6.84. The second-order valence-corrected chi connectivity index (χ2v) is 12.7. The number of benzene rings is 3. The van der Waals surface area contributed by atoms with Gasteiger partial charge in [0.1, 0.15) is 11.4 Å². The molecule has 3 fully saturated rings. The van der Waals surface area contributed by atoms with Crippen molar-refractivity contribution >= 4 is 17.8 Å². The van der Waals surface area contributed by atoms with Gasteiger partial charge in [0.25, 0.3) is 5.91 Å². The largest absolute Gasteiger partial charge is 0.496 e. The third-order valence-corrected chi connectivity index (χ3v) is 9.58. The third kappa shape index (κ3) is 7.30. The molecule has 0 saturated carbocycles. The van der Waals surface area contributed by atoms with Crippen molar-refractivity contribution in [3.8, 4) is 5.75 Å². The van der Waals surface area contributed by atoms with E-state index in [0.29, 0.717) is 88.4 Å². The highest BCUT2D eigenvalue weighted by atomic mass is 19.4. The summed E-state index contributed by atoms with van der Waals surface area (Å²) in [7, 11) is 1.51. The zero-order valence-corrected chi connectivity index (χ0v) is 26.3. The summed E-state index contributed by atoms with van der Waals surface area (Å²) in [6.07, 6.45) is -2.30. The Labute approximate surface area is 272 Å². The van der Waals surface area contributed by atoms with E-state index in [0.717, 1.165) is 23.3 Å². The molecule has 0 N–H and O–H groups in total. The van der Waals surface area contributed by atoms with E-state index in [-0.39, 0.29) is 17.6 Å². The summed E-state index contributed by atoms with van der Waals surface area (Å²) in [5.41, 5.74) is 1.47. The first-order chi connectivity index (χ1) is 22.5. The zero-order chi connectivity index (χ0) is 33.2. The molecule has 248 valence electrons. The van der Waals surface area contributed by atoms with Gasteiger partial charge in [0, 0.05) is 63.6 Å². The van der Waals surface area contributed by atoms with E-state index in [4.69, 9.17) is 9.47 Å². The first-order valence-corrected chi connectivity index (χ1v) is 16.0. The number of hydrogen-bond donors (Lipinski definition) is 0. The molecule has 3 heterocycles. The Balaban J connectivity index is 1.02. The summed E-state index contributed by atoms with van der Waals surface area (Å²) < 4.78 is 50.2. The lowest BCUT2D eigenvalue weighted by molar-refractivity contribution is -0.137. The van der Waals surface area contributed by atoms with Crippen molar-refractivity contribution in [1.82, 2.24) is 14.7 Å². The minimum atomic E-state index is -4.36. The molecule has 0 radical (unpaired) electrons. The van der Waals surface area contributed by atoms with Crippen molar-refractivity contribution in [3.63, 3.8) is 0 Å². The highest BCUT2D eigenvalue weighted by molar-refractivity contribution is 5.99. The van der Waals surface area contributed by atoms with E-state index >= 15 is 0 Å². The Morgan fingerprint density at radius 1 is 0.894 bits per heavy atom. The molecule has 3 saturated heterocycles. The van der Waals surface area contributed by atoms with Crippen LogP contribution in [-0.2, 0) is 24.0 Å². The van der Waals surface area contributed by atoms with Gasteiger partial charge in [-0.2, -0.15) is 13.2 Å². The van der Waals surface area contributed by atoms with Crippen molar-refractivity contribution in [3.05, 3.63) is 101 Å². The smallest absolute Gasteiger partial charge is 0.416 e. The van der Waals surface area contributed by atoms with Crippen molar-refractivity contribution < 1.29 is 37.0 Å². The number of rotatable bonds is 8. The summed E-state index contributed by atoms with van der Waals surface area (Å²) in [5.74, 6) is 0.279. The topological polar surface area (TPSA) is 79.4 Å². The molecule has 6 rings (SSSR count). The molecule has 3 aromatic carbocycles. The van der Waals surface area contributed by atoms with Crippen molar-refractivity contribution in [1.29, 1.82) is 0 Å². The van der Waals surface area contributed by atoms with Crippen LogP contribution in [0.25, 0.3) is 0 Å². The van der Waals surface area contributed by atoms with Gasteiger partial charge in [0.15, 0.2) is 5.78 Å². The molecule has 3 aromatic rings. The van der Waals surface area contributed by atoms with E-state index in [9.17, 15) is 27.6 Å². The second-order valence-electron chi connectivity index (χ2n) is 12.7. The van der Waals surface area contributed by atoms with E-state index in [1.807, 2.05) is 36.4 Å². The Hall–Kier alpha value is -4.38. The minimum absolute atomic E-state index is 0.111. The number of methoxy groups -OCH3 is 1. The number of Topliss-reactive ketones (excluding diaryl/α,β-unsaturated/α-hetero) is 1. The Morgan fingerprint density at radius 3 is 2.19 bits per heavy atom. The predicted octanol–water partition coefficient (Wildman–Crippen LogP) is 6.44. The van der Waals surface area contributed by atoms with Crippen LogP contribution in [0.2, 0.25) is 0 Å². The molecule has 0 atom stereocenters. The number of nitrogens with zero attached hydrogens (tertiary/aromatic N) is 3. The number of ketones is 1. The van der Waals surface area contributed by atoms with Gasteiger partial charge in [-0.25, -0.2) is 4.79 Å². The summed E-state index contributed by atoms with van der Waals surface area (Å²) >= 11 is 0. The highest BCUT2D eigenvalue weighted by Gasteiger charge is 2.47. The zero-order valence-electron chi connectivity index (χ0n) is 26.3. The monoisotopic (exact) mass is 649 g/mol.